The van der Waals surface area contributed by atoms with Crippen LogP contribution in [-0.4, -0.2) is 110 Å². The van der Waals surface area contributed by atoms with Crippen molar-refractivity contribution in [2.24, 2.45) is 28.6 Å². The van der Waals surface area contributed by atoms with Gasteiger partial charge in [-0.3, -0.25) is 4.79 Å². The molecule has 5 rings (SSSR count). The van der Waals surface area contributed by atoms with Gasteiger partial charge in [0.1, 0.15) is 36.1 Å². The van der Waals surface area contributed by atoms with Gasteiger partial charge in [-0.25, -0.2) is 9.59 Å². The highest BCUT2D eigenvalue weighted by atomic mass is 28.4. The van der Waals surface area contributed by atoms with Crippen molar-refractivity contribution in [3.05, 3.63) is 47.0 Å². The van der Waals surface area contributed by atoms with Crippen LogP contribution in [0.1, 0.15) is 127 Å². The summed E-state index contributed by atoms with van der Waals surface area (Å²) in [7, 11) is -4.82. The van der Waals surface area contributed by atoms with Crippen molar-refractivity contribution < 1.29 is 57.5 Å². The number of benzene rings is 1. The van der Waals surface area contributed by atoms with Gasteiger partial charge in [0, 0.05) is 30.6 Å². The molecule has 12 nitrogen and oxygen atoms in total. The molecular weight excluding hydrogens is 837 g/mol. The van der Waals surface area contributed by atoms with E-state index in [0.717, 1.165) is 36.3 Å². The molecule has 1 aromatic carbocycles. The molecule has 2 bridgehead atoms. The second kappa shape index (κ2) is 19.4. The van der Waals surface area contributed by atoms with Crippen LogP contribution in [0.2, 0.25) is 36.3 Å². The zero-order chi connectivity index (χ0) is 47.1. The first kappa shape index (κ1) is 51.5. The first-order valence-corrected chi connectivity index (χ1v) is 29.0. The Bertz CT molecular complexity index is 1790. The van der Waals surface area contributed by atoms with E-state index in [1.54, 1.807) is 51.1 Å². The predicted octanol–water partition coefficient (Wildman–Crippen LogP) is 8.53. The van der Waals surface area contributed by atoms with Crippen molar-refractivity contribution in [2.45, 2.75) is 206 Å². The lowest BCUT2D eigenvalue weighted by atomic mass is 9.44. The topological polar surface area (TPSA) is 167 Å². The molecule has 1 heterocycles. The third-order valence-corrected chi connectivity index (χ3v) is 25.9. The van der Waals surface area contributed by atoms with Gasteiger partial charge < -0.3 is 43.1 Å². The van der Waals surface area contributed by atoms with Gasteiger partial charge in [-0.2, -0.15) is 0 Å². The minimum atomic E-state index is -2.48. The summed E-state index contributed by atoms with van der Waals surface area (Å²) in [5.41, 5.74) is -5.54. The number of rotatable bonds is 18. The number of fused-ring (bicyclic) bond motifs is 5. The van der Waals surface area contributed by atoms with Gasteiger partial charge >= 0.3 is 17.9 Å². The third-order valence-electron chi connectivity index (χ3n) is 16.6. The molecule has 14 heteroatoms. The third kappa shape index (κ3) is 8.94. The molecule has 63 heavy (non-hydrogen) atoms. The first-order chi connectivity index (χ1) is 29.5. The minimum Gasteiger partial charge on any atom is -0.456 e. The Balaban J connectivity index is 1.79. The number of carbonyl (C=O) groups excluding carboxylic acids is 3. The summed E-state index contributed by atoms with van der Waals surface area (Å²) in [6.45, 7) is 27.2. The fourth-order valence-electron chi connectivity index (χ4n) is 12.2. The monoisotopic (exact) mass is 917 g/mol. The average molecular weight is 917 g/mol. The Labute approximate surface area is 379 Å². The summed E-state index contributed by atoms with van der Waals surface area (Å²) in [6, 6.07) is 13.3. The lowest BCUT2D eigenvalue weighted by Gasteiger charge is -2.70. The Morgan fingerprint density at radius 1 is 0.873 bits per heavy atom. The maximum atomic E-state index is 14.8. The van der Waals surface area contributed by atoms with E-state index >= 15 is 0 Å². The van der Waals surface area contributed by atoms with Crippen molar-refractivity contribution in [2.75, 3.05) is 6.61 Å². The van der Waals surface area contributed by atoms with E-state index < -0.39 is 105 Å². The number of hydrogen-bond donors (Lipinski definition) is 3. The molecule has 12 atom stereocenters. The summed E-state index contributed by atoms with van der Waals surface area (Å²) in [4.78, 5) is 42.8. The number of aliphatic hydroxyl groups excluding tert-OH is 2. The normalized spacial score (nSPS) is 33.8. The molecule has 1 aromatic rings. The molecule has 1 aliphatic heterocycles. The van der Waals surface area contributed by atoms with E-state index in [0.29, 0.717) is 12.0 Å². The summed E-state index contributed by atoms with van der Waals surface area (Å²) in [5.74, 6) is -3.01. The fraction of sp³-hybridized carbons (Fsp3) is 0.776. The Morgan fingerprint density at radius 3 is 1.94 bits per heavy atom. The molecule has 3 N–H and O–H groups in total. The van der Waals surface area contributed by atoms with E-state index in [2.05, 4.69) is 55.4 Å². The fourth-order valence-corrected chi connectivity index (χ4v) is 18.0. The molecule has 1 unspecified atom stereocenters. The molecule has 3 aliphatic carbocycles. The molecule has 2 saturated carbocycles. The maximum Gasteiger partial charge on any atom is 0.338 e. The SMILES string of the molecule is CC[Si](CC)(CC)OC(C(=O)O[C@H]1C[C@@]2(O)[C@@H](OC(=O)c3ccccc3)[C@@H]3[C@]4(OC(C)=O)CO[C@@H]4C[C@H](O[Si](CC)(CC)CC)[C@@]3(C)[C@@H](O)[C@@H](O)C(=C1C)C2(C)C)[C@@H](C)CC(C)C. The molecule has 0 amide bonds. The standard InChI is InChI=1S/C49H80O12Si2/c1-15-62(16-2,17-3)60-36-27-37-48(29-56-37,59-33(11)50)41-43(58-44(53)34-24-22-21-23-25-34)49(55)28-35(32(10)38(46(49,12)13)39(51)42(52)47(36,41)14)57-45(54)40(31(9)26-30(7)8)61-63(18-4,19-5)20-6/h21-25,30-31,35-37,39-43,51-52,55H,15-20,26-29H2,1-14H3/t31-,35-,36-,37+,39-,40?,41-,42-,43-,47+,48-,49+/m0/s1. The molecule has 1 saturated heterocycles. The average Bonchev–Trinajstić information content (AvgIpc) is 3.24. The van der Waals surface area contributed by atoms with Gasteiger partial charge in [0.05, 0.1) is 30.3 Å². The van der Waals surface area contributed by atoms with Gasteiger partial charge in [0.15, 0.2) is 22.2 Å². The van der Waals surface area contributed by atoms with Gasteiger partial charge in [-0.1, -0.05) is 101 Å². The number of esters is 3. The van der Waals surface area contributed by atoms with Crippen molar-refractivity contribution >= 4 is 34.5 Å². The van der Waals surface area contributed by atoms with Crippen LogP contribution in [0.5, 0.6) is 0 Å². The number of ether oxygens (including phenoxy) is 4. The van der Waals surface area contributed by atoms with E-state index in [9.17, 15) is 29.7 Å². The molecule has 3 fully saturated rings. The molecular formula is C49H80O12Si2. The largest absolute Gasteiger partial charge is 0.456 e. The lowest BCUT2D eigenvalue weighted by molar-refractivity contribution is -0.363. The van der Waals surface area contributed by atoms with Gasteiger partial charge in [0.2, 0.25) is 0 Å². The van der Waals surface area contributed by atoms with Crippen LogP contribution in [0, 0.1) is 28.6 Å². The predicted molar refractivity (Wildman–Crippen MR) is 247 cm³/mol. The molecule has 0 aromatic heterocycles. The van der Waals surface area contributed by atoms with Crippen LogP contribution in [0.15, 0.2) is 41.5 Å². The smallest absolute Gasteiger partial charge is 0.338 e. The Kier molecular flexibility index (Phi) is 15.9. The van der Waals surface area contributed by atoms with Crippen molar-refractivity contribution in [1.29, 1.82) is 0 Å². The maximum absolute atomic E-state index is 14.8. The highest BCUT2D eigenvalue weighted by molar-refractivity contribution is 6.74. The molecule has 4 aliphatic rings. The molecule has 0 spiro atoms. The Hall–Kier alpha value is -2.44. The van der Waals surface area contributed by atoms with Crippen molar-refractivity contribution in [3.8, 4) is 0 Å². The zero-order valence-corrected chi connectivity index (χ0v) is 42.7. The lowest BCUT2D eigenvalue weighted by Crippen LogP contribution is -2.82. The highest BCUT2D eigenvalue weighted by Gasteiger charge is 2.78. The number of carbonyl (C=O) groups is 3. The second-order valence-electron chi connectivity index (χ2n) is 20.5. The van der Waals surface area contributed by atoms with Gasteiger partial charge in [-0.05, 0) is 84.7 Å². The first-order valence-electron chi connectivity index (χ1n) is 23.9. The van der Waals surface area contributed by atoms with Crippen LogP contribution in [0.3, 0.4) is 0 Å². The van der Waals surface area contributed by atoms with Crippen molar-refractivity contribution in [3.63, 3.8) is 0 Å². The molecule has 356 valence electrons. The summed E-state index contributed by atoms with van der Waals surface area (Å²) < 4.78 is 40.3. The second-order valence-corrected chi connectivity index (χ2v) is 30.0. The minimum absolute atomic E-state index is 0.105. The van der Waals surface area contributed by atoms with Crippen LogP contribution in [0.25, 0.3) is 0 Å². The summed E-state index contributed by atoms with van der Waals surface area (Å²) in [6.07, 6.45) is -7.56. The van der Waals surface area contributed by atoms with Crippen molar-refractivity contribution in [1.82, 2.24) is 0 Å². The van der Waals surface area contributed by atoms with Gasteiger partial charge in [0.25, 0.3) is 0 Å². The van der Waals surface area contributed by atoms with Gasteiger partial charge in [-0.15, -0.1) is 0 Å². The van der Waals surface area contributed by atoms with Crippen LogP contribution >= 0.6 is 0 Å². The Morgan fingerprint density at radius 2 is 1.44 bits per heavy atom. The number of aliphatic hydroxyl groups is 3. The van der Waals surface area contributed by atoms with E-state index in [1.165, 1.54) is 6.92 Å². The highest BCUT2D eigenvalue weighted by Crippen LogP contribution is 2.66. The summed E-state index contributed by atoms with van der Waals surface area (Å²) >= 11 is 0. The van der Waals surface area contributed by atoms with Crippen LogP contribution < -0.4 is 0 Å². The zero-order valence-electron chi connectivity index (χ0n) is 40.7. The van der Waals surface area contributed by atoms with E-state index in [4.69, 9.17) is 27.8 Å². The van der Waals surface area contributed by atoms with Crippen LogP contribution in [-0.2, 0) is 37.4 Å². The van der Waals surface area contributed by atoms with E-state index in [1.807, 2.05) is 13.8 Å². The quantitative estimate of drug-likeness (QED) is 0.0557. The summed E-state index contributed by atoms with van der Waals surface area (Å²) in [5, 5.41) is 40.1. The number of hydrogen-bond acceptors (Lipinski definition) is 12. The van der Waals surface area contributed by atoms with E-state index in [-0.39, 0.29) is 42.4 Å². The molecule has 0 radical (unpaired) electrons. The van der Waals surface area contributed by atoms with Crippen LogP contribution in [0.4, 0.5) is 0 Å².